The van der Waals surface area contributed by atoms with Gasteiger partial charge in [0.15, 0.2) is 6.29 Å². The van der Waals surface area contributed by atoms with Crippen LogP contribution >= 0.6 is 0 Å². The Morgan fingerprint density at radius 3 is 2.50 bits per heavy atom. The van der Waals surface area contributed by atoms with Crippen LogP contribution in [0.4, 0.5) is 11.4 Å². The number of ether oxygens (including phenoxy) is 1. The topological polar surface area (TPSA) is 94.7 Å². The van der Waals surface area contributed by atoms with E-state index in [0.717, 1.165) is 17.2 Å². The highest BCUT2D eigenvalue weighted by atomic mass is 16.6. The summed E-state index contributed by atoms with van der Waals surface area (Å²) in [6.45, 7) is 2.42. The number of carbonyl (C=O) groups is 2. The average molecular weight is 455 g/mol. The van der Waals surface area contributed by atoms with Gasteiger partial charge in [0, 0.05) is 40.5 Å². The molecule has 5 rings (SSSR count). The van der Waals surface area contributed by atoms with Crippen molar-refractivity contribution in [2.45, 2.75) is 19.0 Å². The van der Waals surface area contributed by atoms with Crippen LogP contribution in [0.15, 0.2) is 79.0 Å². The van der Waals surface area contributed by atoms with Crippen LogP contribution in [0, 0.1) is 10.1 Å². The molecule has 1 saturated heterocycles. The van der Waals surface area contributed by atoms with Gasteiger partial charge in [0.05, 0.1) is 17.6 Å². The molecule has 0 aliphatic carbocycles. The zero-order valence-corrected chi connectivity index (χ0v) is 18.3. The van der Waals surface area contributed by atoms with Crippen LogP contribution in [0.2, 0.25) is 0 Å². The summed E-state index contributed by atoms with van der Waals surface area (Å²) >= 11 is 0. The van der Waals surface area contributed by atoms with E-state index in [4.69, 9.17) is 4.74 Å². The van der Waals surface area contributed by atoms with Gasteiger partial charge in [-0.3, -0.25) is 19.7 Å². The SMILES string of the molecule is CCOc1ccc(N2C(=O)C(n3cc(C=O)c4ccccc43)C2c2cccc([N+](=O)[O-])c2)cc1. The minimum absolute atomic E-state index is 0.0480. The Morgan fingerprint density at radius 1 is 1.03 bits per heavy atom. The number of amides is 1. The van der Waals surface area contributed by atoms with Gasteiger partial charge in [0.1, 0.15) is 11.8 Å². The molecule has 1 amide bonds. The van der Waals surface area contributed by atoms with Crippen LogP contribution < -0.4 is 9.64 Å². The first-order chi connectivity index (χ1) is 16.5. The van der Waals surface area contributed by atoms with Crippen LogP contribution in [-0.2, 0) is 4.79 Å². The minimum Gasteiger partial charge on any atom is -0.494 e. The number of carbonyl (C=O) groups excluding carboxylic acids is 2. The molecule has 8 nitrogen and oxygen atoms in total. The van der Waals surface area contributed by atoms with Crippen molar-refractivity contribution < 1.29 is 19.2 Å². The molecule has 2 atom stereocenters. The second-order valence-corrected chi connectivity index (χ2v) is 8.00. The van der Waals surface area contributed by atoms with Crippen molar-refractivity contribution in [3.8, 4) is 5.75 Å². The van der Waals surface area contributed by atoms with Crippen LogP contribution in [0.25, 0.3) is 10.9 Å². The number of fused-ring (bicyclic) bond motifs is 1. The molecule has 0 saturated carbocycles. The van der Waals surface area contributed by atoms with E-state index in [-0.39, 0.29) is 11.6 Å². The monoisotopic (exact) mass is 455 g/mol. The Hall–Kier alpha value is -4.46. The van der Waals surface area contributed by atoms with E-state index in [0.29, 0.717) is 29.2 Å². The Balaban J connectivity index is 1.64. The number of aromatic nitrogens is 1. The average Bonchev–Trinajstić information content (AvgIpc) is 3.22. The predicted octanol–water partition coefficient (Wildman–Crippen LogP) is 5.09. The first kappa shape index (κ1) is 21.4. The highest BCUT2D eigenvalue weighted by Crippen LogP contribution is 2.48. The summed E-state index contributed by atoms with van der Waals surface area (Å²) < 4.78 is 7.31. The standard InChI is InChI=1S/C26H21N3O5/c1-2-34-21-12-10-19(11-13-21)28-24(17-6-5-7-20(14-17)29(32)33)25(26(28)31)27-15-18(16-30)22-8-3-4-9-23(22)27/h3-16,24-25H,2H2,1H3. The molecule has 1 aliphatic heterocycles. The number of benzene rings is 3. The largest absolute Gasteiger partial charge is 0.494 e. The van der Waals surface area contributed by atoms with E-state index in [1.807, 2.05) is 31.2 Å². The highest BCUT2D eigenvalue weighted by molar-refractivity contribution is 6.06. The molecule has 0 spiro atoms. The van der Waals surface area contributed by atoms with Crippen molar-refractivity contribution in [1.82, 2.24) is 4.57 Å². The predicted molar refractivity (Wildman–Crippen MR) is 127 cm³/mol. The molecule has 4 aromatic rings. The maximum atomic E-state index is 13.6. The van der Waals surface area contributed by atoms with Gasteiger partial charge in [-0.25, -0.2) is 0 Å². The lowest BCUT2D eigenvalue weighted by Crippen LogP contribution is -2.55. The number of hydrogen-bond donors (Lipinski definition) is 0. The third-order valence-corrected chi connectivity index (χ3v) is 6.11. The van der Waals surface area contributed by atoms with Crippen molar-refractivity contribution in [3.63, 3.8) is 0 Å². The number of non-ortho nitro benzene ring substituents is 1. The lowest BCUT2D eigenvalue weighted by atomic mass is 9.87. The Kier molecular flexibility index (Phi) is 5.33. The summed E-state index contributed by atoms with van der Waals surface area (Å²) in [5.74, 6) is 0.522. The summed E-state index contributed by atoms with van der Waals surface area (Å²) in [6.07, 6.45) is 2.45. The summed E-state index contributed by atoms with van der Waals surface area (Å²) in [4.78, 5) is 37.9. The van der Waals surface area contributed by atoms with E-state index in [2.05, 4.69) is 0 Å². The zero-order chi connectivity index (χ0) is 23.8. The van der Waals surface area contributed by atoms with Gasteiger partial charge < -0.3 is 14.2 Å². The van der Waals surface area contributed by atoms with E-state index in [1.165, 1.54) is 12.1 Å². The number of aldehydes is 1. The number of β-lactam (4-membered cyclic amide) rings is 1. The molecule has 1 aromatic heterocycles. The molecule has 3 aromatic carbocycles. The fraction of sp³-hybridized carbons (Fsp3) is 0.154. The van der Waals surface area contributed by atoms with E-state index in [1.54, 1.807) is 52.1 Å². The number of nitro groups is 1. The molecule has 8 heteroatoms. The lowest BCUT2D eigenvalue weighted by Gasteiger charge is -2.48. The van der Waals surface area contributed by atoms with E-state index >= 15 is 0 Å². The number of rotatable bonds is 7. The second kappa shape index (κ2) is 8.47. The van der Waals surface area contributed by atoms with Crippen molar-refractivity contribution >= 4 is 34.5 Å². The van der Waals surface area contributed by atoms with Crippen molar-refractivity contribution in [1.29, 1.82) is 0 Å². The van der Waals surface area contributed by atoms with E-state index in [9.17, 15) is 19.7 Å². The second-order valence-electron chi connectivity index (χ2n) is 8.00. The Labute approximate surface area is 195 Å². The minimum atomic E-state index is -0.660. The fourth-order valence-electron chi connectivity index (χ4n) is 4.61. The van der Waals surface area contributed by atoms with Crippen LogP contribution in [0.5, 0.6) is 5.75 Å². The molecule has 0 radical (unpaired) electrons. The van der Waals surface area contributed by atoms with Gasteiger partial charge in [-0.15, -0.1) is 0 Å². The van der Waals surface area contributed by atoms with Gasteiger partial charge in [-0.2, -0.15) is 0 Å². The van der Waals surface area contributed by atoms with Crippen molar-refractivity contribution in [2.75, 3.05) is 11.5 Å². The first-order valence-corrected chi connectivity index (χ1v) is 10.9. The van der Waals surface area contributed by atoms with Gasteiger partial charge in [0.25, 0.3) is 11.6 Å². The number of nitro benzene ring substituents is 1. The Morgan fingerprint density at radius 2 is 1.79 bits per heavy atom. The molecule has 0 bridgehead atoms. The van der Waals surface area contributed by atoms with Gasteiger partial charge in [0.2, 0.25) is 0 Å². The van der Waals surface area contributed by atoms with Crippen molar-refractivity contribution in [2.24, 2.45) is 0 Å². The fourth-order valence-corrected chi connectivity index (χ4v) is 4.61. The maximum Gasteiger partial charge on any atom is 0.269 e. The lowest BCUT2D eigenvalue weighted by molar-refractivity contribution is -0.384. The number of nitrogens with zero attached hydrogens (tertiary/aromatic N) is 3. The third kappa shape index (κ3) is 3.40. The van der Waals surface area contributed by atoms with Gasteiger partial charge in [-0.1, -0.05) is 30.3 Å². The van der Waals surface area contributed by atoms with Crippen molar-refractivity contribution in [3.05, 3.63) is 100 Å². The molecule has 1 aliphatic rings. The molecule has 170 valence electrons. The van der Waals surface area contributed by atoms with Gasteiger partial charge >= 0.3 is 0 Å². The molecule has 2 heterocycles. The van der Waals surface area contributed by atoms with Crippen LogP contribution in [0.3, 0.4) is 0 Å². The molecular weight excluding hydrogens is 434 g/mol. The molecule has 1 fully saturated rings. The summed E-state index contributed by atoms with van der Waals surface area (Å²) in [6, 6.07) is 19.7. The smallest absolute Gasteiger partial charge is 0.269 e. The van der Waals surface area contributed by atoms with E-state index < -0.39 is 17.0 Å². The Bertz CT molecular complexity index is 1410. The zero-order valence-electron chi connectivity index (χ0n) is 18.3. The van der Waals surface area contributed by atoms with Crippen LogP contribution in [-0.4, -0.2) is 28.3 Å². The molecule has 2 unspecified atom stereocenters. The van der Waals surface area contributed by atoms with Gasteiger partial charge in [-0.05, 0) is 42.8 Å². The maximum absolute atomic E-state index is 13.6. The summed E-state index contributed by atoms with van der Waals surface area (Å²) in [5, 5.41) is 12.2. The first-order valence-electron chi connectivity index (χ1n) is 10.9. The molecule has 34 heavy (non-hydrogen) atoms. The number of anilines is 1. The highest BCUT2D eigenvalue weighted by Gasteiger charge is 2.50. The quantitative estimate of drug-likeness (QED) is 0.167. The summed E-state index contributed by atoms with van der Waals surface area (Å²) in [7, 11) is 0. The third-order valence-electron chi connectivity index (χ3n) is 6.11. The molecule has 0 N–H and O–H groups in total. The van der Waals surface area contributed by atoms with Crippen LogP contribution in [0.1, 0.15) is 34.9 Å². The molecular formula is C26H21N3O5. The number of hydrogen-bond acceptors (Lipinski definition) is 5. The number of para-hydroxylation sites is 1. The normalized spacial score (nSPS) is 17.4. The summed E-state index contributed by atoms with van der Waals surface area (Å²) in [5.41, 5.74) is 2.49.